The maximum absolute atomic E-state index is 12.0. The van der Waals surface area contributed by atoms with E-state index in [4.69, 9.17) is 0 Å². The van der Waals surface area contributed by atoms with E-state index >= 15 is 0 Å². The molecule has 4 heteroatoms. The van der Waals surface area contributed by atoms with Gasteiger partial charge in [-0.3, -0.25) is 14.5 Å². The van der Waals surface area contributed by atoms with Gasteiger partial charge in [-0.1, -0.05) is 20.8 Å². The van der Waals surface area contributed by atoms with Crippen molar-refractivity contribution in [2.24, 2.45) is 17.3 Å². The molecule has 3 atom stereocenters. The molecular formula is C12H20N2O2. The zero-order chi connectivity index (χ0) is 12.1. The van der Waals surface area contributed by atoms with Crippen LogP contribution in [0, 0.1) is 17.3 Å². The SMILES string of the molecule is CCC(CN1C(=O)C2C(C1=O)C2(C)C)NC. The number of carbonyl (C=O) groups excluding carboxylic acids is 2. The van der Waals surface area contributed by atoms with Crippen molar-refractivity contribution in [1.82, 2.24) is 10.2 Å². The first-order valence-electron chi connectivity index (χ1n) is 5.97. The molecule has 1 aliphatic heterocycles. The standard InChI is InChI=1S/C12H20N2O2/c1-5-7(13-4)6-14-10(15)8-9(11(14)16)12(8,2)3/h7-9,13H,5-6H2,1-4H3. The van der Waals surface area contributed by atoms with Crippen LogP contribution in [0.4, 0.5) is 0 Å². The number of amides is 2. The Balaban J connectivity index is 2.05. The van der Waals surface area contributed by atoms with Gasteiger partial charge < -0.3 is 5.32 Å². The molecule has 1 aliphatic carbocycles. The third kappa shape index (κ3) is 1.39. The molecule has 2 rings (SSSR count). The van der Waals surface area contributed by atoms with Gasteiger partial charge >= 0.3 is 0 Å². The first-order chi connectivity index (χ1) is 7.45. The second-order valence-electron chi connectivity index (χ2n) is 5.46. The second kappa shape index (κ2) is 3.55. The number of imide groups is 1. The molecule has 1 N–H and O–H groups in total. The van der Waals surface area contributed by atoms with E-state index < -0.39 is 0 Å². The number of nitrogens with one attached hydrogen (secondary N) is 1. The van der Waals surface area contributed by atoms with E-state index in [2.05, 4.69) is 12.2 Å². The van der Waals surface area contributed by atoms with Crippen molar-refractivity contribution in [3.05, 3.63) is 0 Å². The third-order valence-electron chi connectivity index (χ3n) is 4.20. The Morgan fingerprint density at radius 3 is 2.19 bits per heavy atom. The monoisotopic (exact) mass is 224 g/mol. The maximum Gasteiger partial charge on any atom is 0.233 e. The number of hydrogen-bond donors (Lipinski definition) is 1. The van der Waals surface area contributed by atoms with Crippen LogP contribution in [0.5, 0.6) is 0 Å². The van der Waals surface area contributed by atoms with Crippen LogP contribution in [-0.4, -0.2) is 36.3 Å². The number of likely N-dealkylation sites (N-methyl/N-ethyl adjacent to an activating group) is 1. The van der Waals surface area contributed by atoms with Gasteiger partial charge in [0.2, 0.25) is 11.8 Å². The van der Waals surface area contributed by atoms with Gasteiger partial charge in [0.05, 0.1) is 11.8 Å². The van der Waals surface area contributed by atoms with Gasteiger partial charge in [0, 0.05) is 12.6 Å². The van der Waals surface area contributed by atoms with Crippen molar-refractivity contribution in [1.29, 1.82) is 0 Å². The van der Waals surface area contributed by atoms with Crippen molar-refractivity contribution < 1.29 is 9.59 Å². The van der Waals surface area contributed by atoms with E-state index in [1.165, 1.54) is 4.90 Å². The maximum atomic E-state index is 12.0. The van der Waals surface area contributed by atoms with Crippen molar-refractivity contribution >= 4 is 11.8 Å². The number of carbonyl (C=O) groups is 2. The molecule has 1 saturated carbocycles. The molecule has 2 amide bonds. The highest BCUT2D eigenvalue weighted by molar-refractivity contribution is 6.10. The van der Waals surface area contributed by atoms with Gasteiger partial charge in [-0.15, -0.1) is 0 Å². The Labute approximate surface area is 96.4 Å². The Morgan fingerprint density at radius 2 is 1.81 bits per heavy atom. The van der Waals surface area contributed by atoms with Crippen LogP contribution in [0.3, 0.4) is 0 Å². The van der Waals surface area contributed by atoms with Gasteiger partial charge in [0.1, 0.15) is 0 Å². The Bertz CT molecular complexity index is 310. The summed E-state index contributed by atoms with van der Waals surface area (Å²) >= 11 is 0. The Kier molecular flexibility index (Phi) is 2.57. The van der Waals surface area contributed by atoms with Crippen molar-refractivity contribution in [2.75, 3.05) is 13.6 Å². The lowest BCUT2D eigenvalue weighted by molar-refractivity contribution is -0.143. The normalized spacial score (nSPS) is 32.9. The summed E-state index contributed by atoms with van der Waals surface area (Å²) in [4.78, 5) is 25.5. The molecule has 3 unspecified atom stereocenters. The van der Waals surface area contributed by atoms with E-state index in [0.29, 0.717) is 6.54 Å². The Morgan fingerprint density at radius 1 is 1.31 bits per heavy atom. The van der Waals surface area contributed by atoms with Crippen LogP contribution >= 0.6 is 0 Å². The number of piperidine rings is 1. The number of hydrogen-bond acceptors (Lipinski definition) is 3. The Hall–Kier alpha value is -0.900. The number of nitrogens with zero attached hydrogens (tertiary/aromatic N) is 1. The van der Waals surface area contributed by atoms with Gasteiger partial charge in [0.25, 0.3) is 0 Å². The predicted molar refractivity (Wildman–Crippen MR) is 60.6 cm³/mol. The molecule has 0 aromatic carbocycles. The second-order valence-corrected chi connectivity index (χ2v) is 5.46. The summed E-state index contributed by atoms with van der Waals surface area (Å²) in [5.74, 6) is -0.0221. The fourth-order valence-corrected chi connectivity index (χ4v) is 2.83. The lowest BCUT2D eigenvalue weighted by atomic mass is 10.0. The summed E-state index contributed by atoms with van der Waals surface area (Å²) in [5.41, 5.74) is -0.0912. The molecule has 0 radical (unpaired) electrons. The van der Waals surface area contributed by atoms with E-state index in [0.717, 1.165) is 6.42 Å². The average molecular weight is 224 g/mol. The van der Waals surface area contributed by atoms with E-state index in [-0.39, 0.29) is 35.1 Å². The van der Waals surface area contributed by atoms with Crippen LogP contribution in [0.15, 0.2) is 0 Å². The quantitative estimate of drug-likeness (QED) is 0.712. The van der Waals surface area contributed by atoms with Crippen LogP contribution in [0.25, 0.3) is 0 Å². The van der Waals surface area contributed by atoms with E-state index in [9.17, 15) is 9.59 Å². The fraction of sp³-hybridized carbons (Fsp3) is 0.833. The highest BCUT2D eigenvalue weighted by atomic mass is 16.2. The average Bonchev–Trinajstić information content (AvgIpc) is 2.70. The minimum absolute atomic E-state index is 0.0358. The summed E-state index contributed by atoms with van der Waals surface area (Å²) in [5, 5.41) is 3.12. The number of fused-ring (bicyclic) bond motifs is 1. The molecule has 16 heavy (non-hydrogen) atoms. The lowest BCUT2D eigenvalue weighted by Gasteiger charge is -2.24. The summed E-state index contributed by atoms with van der Waals surface area (Å²) < 4.78 is 0. The zero-order valence-corrected chi connectivity index (χ0v) is 10.4. The van der Waals surface area contributed by atoms with E-state index in [1.54, 1.807) is 0 Å². The molecule has 1 heterocycles. The van der Waals surface area contributed by atoms with Crippen molar-refractivity contribution in [3.63, 3.8) is 0 Å². The smallest absolute Gasteiger partial charge is 0.233 e. The van der Waals surface area contributed by atoms with Crippen molar-refractivity contribution in [2.45, 2.75) is 33.2 Å². The summed E-state index contributed by atoms with van der Waals surface area (Å²) in [7, 11) is 1.86. The van der Waals surface area contributed by atoms with Crippen LogP contribution in [-0.2, 0) is 9.59 Å². The van der Waals surface area contributed by atoms with Gasteiger partial charge in [-0.05, 0) is 18.9 Å². The molecule has 0 bridgehead atoms. The molecule has 0 aromatic heterocycles. The van der Waals surface area contributed by atoms with Gasteiger partial charge in [-0.25, -0.2) is 0 Å². The molecule has 90 valence electrons. The minimum Gasteiger partial charge on any atom is -0.315 e. The molecule has 0 spiro atoms. The third-order valence-corrected chi connectivity index (χ3v) is 4.20. The summed E-state index contributed by atoms with van der Waals surface area (Å²) in [6.07, 6.45) is 0.923. The van der Waals surface area contributed by atoms with Crippen LogP contribution < -0.4 is 5.32 Å². The summed E-state index contributed by atoms with van der Waals surface area (Å²) in [6.45, 7) is 6.58. The minimum atomic E-state index is -0.0912. The highest BCUT2D eigenvalue weighted by Gasteiger charge is 2.72. The van der Waals surface area contributed by atoms with Crippen molar-refractivity contribution in [3.8, 4) is 0 Å². The predicted octanol–water partition coefficient (Wildman–Crippen LogP) is 0.625. The zero-order valence-electron chi connectivity index (χ0n) is 10.4. The van der Waals surface area contributed by atoms with Gasteiger partial charge in [-0.2, -0.15) is 0 Å². The molecule has 4 nitrogen and oxygen atoms in total. The number of rotatable bonds is 4. The molecule has 0 aromatic rings. The molecule has 2 aliphatic rings. The van der Waals surface area contributed by atoms with Crippen LogP contribution in [0.2, 0.25) is 0 Å². The fourth-order valence-electron chi connectivity index (χ4n) is 2.83. The first-order valence-corrected chi connectivity index (χ1v) is 5.97. The highest BCUT2D eigenvalue weighted by Crippen LogP contribution is 2.63. The summed E-state index contributed by atoms with van der Waals surface area (Å²) in [6, 6.07) is 0.216. The van der Waals surface area contributed by atoms with Crippen LogP contribution in [0.1, 0.15) is 27.2 Å². The first kappa shape index (κ1) is 11.6. The molecule has 2 fully saturated rings. The lowest BCUT2D eigenvalue weighted by Crippen LogP contribution is -2.44. The molecular weight excluding hydrogens is 204 g/mol. The molecule has 1 saturated heterocycles. The van der Waals surface area contributed by atoms with E-state index in [1.807, 2.05) is 20.9 Å². The topological polar surface area (TPSA) is 49.4 Å². The number of likely N-dealkylation sites (tertiary alicyclic amines) is 1. The largest absolute Gasteiger partial charge is 0.315 e. The van der Waals surface area contributed by atoms with Gasteiger partial charge in [0.15, 0.2) is 0 Å².